The normalized spacial score (nSPS) is 11.0. The van der Waals surface area contributed by atoms with Crippen LogP contribution >= 0.6 is 0 Å². The number of hydrogen-bond acceptors (Lipinski definition) is 5. The highest BCUT2D eigenvalue weighted by molar-refractivity contribution is 5.63. The van der Waals surface area contributed by atoms with Crippen molar-refractivity contribution in [3.05, 3.63) is 41.6 Å². The van der Waals surface area contributed by atoms with Gasteiger partial charge in [0, 0.05) is 12.3 Å². The molecule has 0 unspecified atom stereocenters. The molecule has 0 saturated carbocycles. The van der Waals surface area contributed by atoms with Crippen molar-refractivity contribution in [3.63, 3.8) is 0 Å². The molecule has 0 aliphatic carbocycles. The van der Waals surface area contributed by atoms with Crippen molar-refractivity contribution in [1.82, 2.24) is 4.98 Å². The predicted octanol–water partition coefficient (Wildman–Crippen LogP) is 3.53. The number of azo groups is 1. The third-order valence-electron chi connectivity index (χ3n) is 2.72. The van der Waals surface area contributed by atoms with E-state index in [1.165, 1.54) is 6.07 Å². The number of pyridine rings is 1. The van der Waals surface area contributed by atoms with Crippen LogP contribution in [0.2, 0.25) is 0 Å². The summed E-state index contributed by atoms with van der Waals surface area (Å²) in [6.45, 7) is 3.52. The SMILES string of the molecule is Cc1c(O)cc(O)c(N=Nc2ccccn2)c1C. The zero-order chi connectivity index (χ0) is 13.1. The molecule has 0 spiro atoms. The highest BCUT2D eigenvalue weighted by Gasteiger charge is 2.11. The van der Waals surface area contributed by atoms with E-state index in [4.69, 9.17) is 0 Å². The molecule has 2 rings (SSSR count). The van der Waals surface area contributed by atoms with Gasteiger partial charge in [0.15, 0.2) is 5.82 Å². The van der Waals surface area contributed by atoms with Gasteiger partial charge in [-0.05, 0) is 37.1 Å². The van der Waals surface area contributed by atoms with E-state index in [1.807, 2.05) is 0 Å². The minimum absolute atomic E-state index is 0.0433. The molecule has 0 atom stereocenters. The lowest BCUT2D eigenvalue weighted by Crippen LogP contribution is -1.83. The van der Waals surface area contributed by atoms with Gasteiger partial charge in [-0.3, -0.25) is 0 Å². The molecule has 1 aromatic carbocycles. The lowest BCUT2D eigenvalue weighted by Gasteiger charge is -2.07. The van der Waals surface area contributed by atoms with Crippen LogP contribution < -0.4 is 0 Å². The fourth-order valence-electron chi connectivity index (χ4n) is 1.51. The number of phenols is 2. The summed E-state index contributed by atoms with van der Waals surface area (Å²) in [5.41, 5.74) is 1.70. The average Bonchev–Trinajstić information content (AvgIpc) is 2.37. The quantitative estimate of drug-likeness (QED) is 0.792. The Morgan fingerprint density at radius 1 is 1.00 bits per heavy atom. The van der Waals surface area contributed by atoms with E-state index in [-0.39, 0.29) is 11.5 Å². The number of benzene rings is 1. The van der Waals surface area contributed by atoms with Crippen LogP contribution in [0.15, 0.2) is 40.7 Å². The first kappa shape index (κ1) is 12.0. The zero-order valence-corrected chi connectivity index (χ0v) is 10.1. The minimum Gasteiger partial charge on any atom is -0.508 e. The highest BCUT2D eigenvalue weighted by Crippen LogP contribution is 2.38. The Bertz CT molecular complexity index is 595. The molecule has 18 heavy (non-hydrogen) atoms. The molecule has 92 valence electrons. The number of aromatic hydroxyl groups is 2. The maximum atomic E-state index is 9.74. The van der Waals surface area contributed by atoms with Crippen molar-refractivity contribution >= 4 is 11.5 Å². The van der Waals surface area contributed by atoms with Crippen molar-refractivity contribution in [2.75, 3.05) is 0 Å². The maximum Gasteiger partial charge on any atom is 0.174 e. The van der Waals surface area contributed by atoms with Gasteiger partial charge in [0.1, 0.15) is 17.2 Å². The van der Waals surface area contributed by atoms with Crippen LogP contribution in [-0.4, -0.2) is 15.2 Å². The van der Waals surface area contributed by atoms with Crippen LogP contribution in [0.1, 0.15) is 11.1 Å². The van der Waals surface area contributed by atoms with Crippen LogP contribution in [0.25, 0.3) is 0 Å². The van der Waals surface area contributed by atoms with Gasteiger partial charge in [-0.1, -0.05) is 6.07 Å². The Hall–Kier alpha value is -2.43. The summed E-state index contributed by atoms with van der Waals surface area (Å²) < 4.78 is 0. The second-order valence-corrected chi connectivity index (χ2v) is 3.90. The predicted molar refractivity (Wildman–Crippen MR) is 67.7 cm³/mol. The van der Waals surface area contributed by atoms with Crippen molar-refractivity contribution in [2.45, 2.75) is 13.8 Å². The third-order valence-corrected chi connectivity index (χ3v) is 2.72. The van der Waals surface area contributed by atoms with Crippen molar-refractivity contribution < 1.29 is 10.2 Å². The number of nitrogens with zero attached hydrogens (tertiary/aromatic N) is 3. The molecule has 0 saturated heterocycles. The summed E-state index contributed by atoms with van der Waals surface area (Å²) in [6, 6.07) is 6.56. The molecule has 0 amide bonds. The highest BCUT2D eigenvalue weighted by atomic mass is 16.3. The molecule has 1 aromatic heterocycles. The van der Waals surface area contributed by atoms with Gasteiger partial charge in [0.2, 0.25) is 0 Å². The molecule has 0 bridgehead atoms. The lowest BCUT2D eigenvalue weighted by molar-refractivity contribution is 0.447. The van der Waals surface area contributed by atoms with E-state index < -0.39 is 0 Å². The first-order valence-electron chi connectivity index (χ1n) is 5.44. The molecule has 2 aromatic rings. The van der Waals surface area contributed by atoms with E-state index in [0.29, 0.717) is 22.6 Å². The van der Waals surface area contributed by atoms with Crippen molar-refractivity contribution in [1.29, 1.82) is 0 Å². The Labute approximate surface area is 104 Å². The Morgan fingerprint density at radius 3 is 2.44 bits per heavy atom. The standard InChI is InChI=1S/C13H13N3O2/c1-8-9(2)13(11(18)7-10(8)17)16-15-12-5-3-4-6-14-12/h3-7,17-18H,1-2H3. The second kappa shape index (κ2) is 4.83. The topological polar surface area (TPSA) is 78.1 Å². The van der Waals surface area contributed by atoms with Gasteiger partial charge in [-0.15, -0.1) is 10.2 Å². The minimum atomic E-state index is -0.102. The lowest BCUT2D eigenvalue weighted by atomic mass is 10.1. The molecule has 0 fully saturated rings. The first-order valence-corrected chi connectivity index (χ1v) is 5.44. The maximum absolute atomic E-state index is 9.74. The number of rotatable bonds is 2. The Balaban J connectivity index is 2.41. The fourth-order valence-corrected chi connectivity index (χ4v) is 1.51. The number of aromatic nitrogens is 1. The average molecular weight is 243 g/mol. The van der Waals surface area contributed by atoms with Crippen LogP contribution in [0, 0.1) is 13.8 Å². The molecule has 5 heteroatoms. The number of phenolic OH excluding ortho intramolecular Hbond substituents is 2. The van der Waals surface area contributed by atoms with E-state index in [0.717, 1.165) is 0 Å². The zero-order valence-electron chi connectivity index (χ0n) is 10.1. The van der Waals surface area contributed by atoms with Crippen LogP contribution in [0.4, 0.5) is 11.5 Å². The Morgan fingerprint density at radius 2 is 1.78 bits per heavy atom. The molecule has 0 radical (unpaired) electrons. The summed E-state index contributed by atoms with van der Waals surface area (Å²) in [7, 11) is 0. The molecule has 2 N–H and O–H groups in total. The van der Waals surface area contributed by atoms with Crippen molar-refractivity contribution in [3.8, 4) is 11.5 Å². The smallest absolute Gasteiger partial charge is 0.174 e. The molecular weight excluding hydrogens is 230 g/mol. The van der Waals surface area contributed by atoms with E-state index in [2.05, 4.69) is 15.2 Å². The fraction of sp³-hybridized carbons (Fsp3) is 0.154. The molecule has 0 aliphatic heterocycles. The van der Waals surface area contributed by atoms with Gasteiger partial charge in [0.05, 0.1) is 0 Å². The van der Waals surface area contributed by atoms with Gasteiger partial charge < -0.3 is 10.2 Å². The number of hydrogen-bond donors (Lipinski definition) is 2. The monoisotopic (exact) mass is 243 g/mol. The van der Waals surface area contributed by atoms with Crippen molar-refractivity contribution in [2.24, 2.45) is 10.2 Å². The summed E-state index contributed by atoms with van der Waals surface area (Å²) in [5.74, 6) is 0.402. The summed E-state index contributed by atoms with van der Waals surface area (Å²) in [6.07, 6.45) is 1.61. The molecule has 1 heterocycles. The first-order chi connectivity index (χ1) is 8.59. The van der Waals surface area contributed by atoms with Crippen LogP contribution in [0.3, 0.4) is 0 Å². The third kappa shape index (κ3) is 2.29. The molecule has 5 nitrogen and oxygen atoms in total. The van der Waals surface area contributed by atoms with E-state index >= 15 is 0 Å². The van der Waals surface area contributed by atoms with Crippen LogP contribution in [0.5, 0.6) is 11.5 Å². The Kier molecular flexibility index (Phi) is 3.23. The van der Waals surface area contributed by atoms with E-state index in [1.54, 1.807) is 38.2 Å². The summed E-state index contributed by atoms with van der Waals surface area (Å²) >= 11 is 0. The molecule has 0 aliphatic rings. The van der Waals surface area contributed by atoms with Gasteiger partial charge >= 0.3 is 0 Å². The summed E-state index contributed by atoms with van der Waals surface area (Å²) in [4.78, 5) is 4.00. The van der Waals surface area contributed by atoms with Gasteiger partial charge in [-0.25, -0.2) is 4.98 Å². The van der Waals surface area contributed by atoms with Gasteiger partial charge in [-0.2, -0.15) is 0 Å². The van der Waals surface area contributed by atoms with E-state index in [9.17, 15) is 10.2 Å². The van der Waals surface area contributed by atoms with Gasteiger partial charge in [0.25, 0.3) is 0 Å². The molecular formula is C13H13N3O2. The summed E-state index contributed by atoms with van der Waals surface area (Å²) in [5, 5.41) is 27.2. The largest absolute Gasteiger partial charge is 0.508 e. The second-order valence-electron chi connectivity index (χ2n) is 3.90. The van der Waals surface area contributed by atoms with Crippen LogP contribution in [-0.2, 0) is 0 Å².